The molecule has 0 atom stereocenters. The highest BCUT2D eigenvalue weighted by Gasteiger charge is 2.15. The SMILES string of the molecule is O=C1C=C(NC(=O)c2ccc(Cl)cc2)CO1. The lowest BCUT2D eigenvalue weighted by Crippen LogP contribution is -2.23. The maximum absolute atomic E-state index is 11.7. The first-order chi connectivity index (χ1) is 7.65. The highest BCUT2D eigenvalue weighted by Crippen LogP contribution is 2.10. The normalized spacial score (nSPS) is 14.3. The standard InChI is InChI=1S/C11H8ClNO3/c12-8-3-1-7(2-4-8)11(15)13-9-5-10(14)16-6-9/h1-5H,6H2,(H,13,15). The van der Waals surface area contributed by atoms with E-state index in [2.05, 4.69) is 10.1 Å². The Bertz CT molecular complexity index is 465. The number of nitrogens with one attached hydrogen (secondary N) is 1. The van der Waals surface area contributed by atoms with Crippen molar-refractivity contribution in [3.8, 4) is 0 Å². The number of rotatable bonds is 2. The van der Waals surface area contributed by atoms with E-state index in [9.17, 15) is 9.59 Å². The molecule has 1 N–H and O–H groups in total. The fraction of sp³-hybridized carbons (Fsp3) is 0.0909. The summed E-state index contributed by atoms with van der Waals surface area (Å²) in [6.07, 6.45) is 1.26. The smallest absolute Gasteiger partial charge is 0.333 e. The van der Waals surface area contributed by atoms with Gasteiger partial charge in [-0.2, -0.15) is 0 Å². The Hall–Kier alpha value is -1.81. The minimum atomic E-state index is -0.439. The molecule has 1 aliphatic heterocycles. The van der Waals surface area contributed by atoms with Crippen LogP contribution in [0.5, 0.6) is 0 Å². The number of carbonyl (C=O) groups excluding carboxylic acids is 2. The molecule has 4 nitrogen and oxygen atoms in total. The highest BCUT2D eigenvalue weighted by atomic mass is 35.5. The molecule has 0 aromatic heterocycles. The molecule has 1 heterocycles. The van der Waals surface area contributed by atoms with Crippen LogP contribution in [-0.2, 0) is 9.53 Å². The zero-order chi connectivity index (χ0) is 11.5. The van der Waals surface area contributed by atoms with Gasteiger partial charge in [0.2, 0.25) is 0 Å². The van der Waals surface area contributed by atoms with Crippen molar-refractivity contribution < 1.29 is 14.3 Å². The van der Waals surface area contributed by atoms with Gasteiger partial charge in [-0.25, -0.2) is 4.79 Å². The lowest BCUT2D eigenvalue weighted by Gasteiger charge is -2.04. The van der Waals surface area contributed by atoms with Crippen LogP contribution < -0.4 is 5.32 Å². The third kappa shape index (κ3) is 2.41. The largest absolute Gasteiger partial charge is 0.456 e. The molecule has 0 bridgehead atoms. The molecule has 1 aromatic rings. The van der Waals surface area contributed by atoms with E-state index in [-0.39, 0.29) is 12.5 Å². The van der Waals surface area contributed by atoms with E-state index >= 15 is 0 Å². The lowest BCUT2D eigenvalue weighted by atomic mass is 10.2. The molecule has 1 aromatic carbocycles. The van der Waals surface area contributed by atoms with Gasteiger partial charge in [0.25, 0.3) is 5.91 Å². The van der Waals surface area contributed by atoms with Crippen LogP contribution in [0.1, 0.15) is 10.4 Å². The molecule has 0 saturated carbocycles. The molecular formula is C11H8ClNO3. The van der Waals surface area contributed by atoms with Gasteiger partial charge in [0, 0.05) is 16.7 Å². The van der Waals surface area contributed by atoms with Gasteiger partial charge >= 0.3 is 5.97 Å². The van der Waals surface area contributed by atoms with Gasteiger partial charge in [0.1, 0.15) is 6.61 Å². The van der Waals surface area contributed by atoms with Crippen molar-refractivity contribution in [2.24, 2.45) is 0 Å². The quantitative estimate of drug-likeness (QED) is 0.794. The Morgan fingerprint density at radius 3 is 2.56 bits per heavy atom. The van der Waals surface area contributed by atoms with Gasteiger partial charge in [-0.15, -0.1) is 0 Å². The summed E-state index contributed by atoms with van der Waals surface area (Å²) < 4.78 is 4.65. The molecule has 82 valence electrons. The van der Waals surface area contributed by atoms with Gasteiger partial charge in [-0.05, 0) is 24.3 Å². The van der Waals surface area contributed by atoms with Gasteiger partial charge < -0.3 is 10.1 Å². The van der Waals surface area contributed by atoms with Crippen molar-refractivity contribution in [1.29, 1.82) is 0 Å². The average molecular weight is 238 g/mol. The Kier molecular flexibility index (Phi) is 2.92. The first-order valence-electron chi connectivity index (χ1n) is 4.59. The van der Waals surface area contributed by atoms with Crippen LogP contribution in [-0.4, -0.2) is 18.5 Å². The van der Waals surface area contributed by atoms with E-state index in [4.69, 9.17) is 11.6 Å². The summed E-state index contributed by atoms with van der Waals surface area (Å²) in [6, 6.07) is 6.47. The van der Waals surface area contributed by atoms with Crippen molar-refractivity contribution in [2.75, 3.05) is 6.61 Å². The Labute approximate surface area is 96.9 Å². The fourth-order valence-corrected chi connectivity index (χ4v) is 1.39. The maximum Gasteiger partial charge on any atom is 0.333 e. The molecule has 0 radical (unpaired) electrons. The summed E-state index contributed by atoms with van der Waals surface area (Å²) in [7, 11) is 0. The molecule has 16 heavy (non-hydrogen) atoms. The van der Waals surface area contributed by atoms with Crippen molar-refractivity contribution in [3.05, 3.63) is 46.6 Å². The topological polar surface area (TPSA) is 55.4 Å². The molecular weight excluding hydrogens is 230 g/mol. The van der Waals surface area contributed by atoms with Gasteiger partial charge in [-0.3, -0.25) is 4.79 Å². The highest BCUT2D eigenvalue weighted by molar-refractivity contribution is 6.30. The summed E-state index contributed by atoms with van der Waals surface area (Å²) >= 11 is 5.70. The predicted octanol–water partition coefficient (Wildman–Crippen LogP) is 1.51. The zero-order valence-electron chi connectivity index (χ0n) is 8.20. The number of cyclic esters (lactones) is 1. The van der Waals surface area contributed by atoms with Crippen molar-refractivity contribution in [2.45, 2.75) is 0 Å². The number of benzene rings is 1. The summed E-state index contributed by atoms with van der Waals surface area (Å²) in [5.74, 6) is -0.729. The second-order valence-corrected chi connectivity index (χ2v) is 3.67. The number of ether oxygens (including phenoxy) is 1. The maximum atomic E-state index is 11.7. The van der Waals surface area contributed by atoms with Gasteiger partial charge in [-0.1, -0.05) is 11.6 Å². The van der Waals surface area contributed by atoms with E-state index in [0.29, 0.717) is 16.3 Å². The minimum Gasteiger partial charge on any atom is -0.456 e. The van der Waals surface area contributed by atoms with Crippen LogP contribution in [0.15, 0.2) is 36.0 Å². The van der Waals surface area contributed by atoms with Crippen LogP contribution >= 0.6 is 11.6 Å². The van der Waals surface area contributed by atoms with Crippen molar-refractivity contribution in [1.82, 2.24) is 5.32 Å². The monoisotopic (exact) mass is 237 g/mol. The first kappa shape index (κ1) is 10.7. The van der Waals surface area contributed by atoms with Crippen LogP contribution in [0.3, 0.4) is 0 Å². The molecule has 0 unspecified atom stereocenters. The van der Waals surface area contributed by atoms with Crippen LogP contribution in [0, 0.1) is 0 Å². The van der Waals surface area contributed by atoms with Crippen molar-refractivity contribution >= 4 is 23.5 Å². The van der Waals surface area contributed by atoms with Crippen molar-refractivity contribution in [3.63, 3.8) is 0 Å². The minimum absolute atomic E-state index is 0.109. The number of amides is 1. The average Bonchev–Trinajstić information content (AvgIpc) is 2.65. The van der Waals surface area contributed by atoms with Crippen LogP contribution in [0.2, 0.25) is 5.02 Å². The number of hydrogen-bond acceptors (Lipinski definition) is 3. The Balaban J connectivity index is 2.06. The summed E-state index contributed by atoms with van der Waals surface area (Å²) in [6.45, 7) is 0.109. The van der Waals surface area contributed by atoms with E-state index < -0.39 is 5.97 Å². The van der Waals surface area contributed by atoms with Crippen LogP contribution in [0.4, 0.5) is 0 Å². The molecule has 1 amide bonds. The molecule has 5 heteroatoms. The Morgan fingerprint density at radius 1 is 1.31 bits per heavy atom. The summed E-state index contributed by atoms with van der Waals surface area (Å²) in [4.78, 5) is 22.4. The van der Waals surface area contributed by atoms with E-state index in [1.54, 1.807) is 24.3 Å². The lowest BCUT2D eigenvalue weighted by molar-refractivity contribution is -0.134. The molecule has 1 aliphatic rings. The molecule has 0 spiro atoms. The second-order valence-electron chi connectivity index (χ2n) is 3.24. The number of esters is 1. The first-order valence-corrected chi connectivity index (χ1v) is 4.97. The number of hydrogen-bond donors (Lipinski definition) is 1. The van der Waals surface area contributed by atoms with E-state index in [0.717, 1.165) is 0 Å². The number of halogens is 1. The summed E-state index contributed by atoms with van der Waals surface area (Å²) in [5.41, 5.74) is 0.939. The Morgan fingerprint density at radius 2 is 2.00 bits per heavy atom. The van der Waals surface area contributed by atoms with E-state index in [1.165, 1.54) is 6.08 Å². The molecule has 2 rings (SSSR count). The third-order valence-corrected chi connectivity index (χ3v) is 2.29. The molecule has 0 saturated heterocycles. The zero-order valence-corrected chi connectivity index (χ0v) is 8.95. The molecule has 0 aliphatic carbocycles. The number of carbonyl (C=O) groups is 2. The fourth-order valence-electron chi connectivity index (χ4n) is 1.27. The van der Waals surface area contributed by atoms with Crippen LogP contribution in [0.25, 0.3) is 0 Å². The second kappa shape index (κ2) is 4.37. The predicted molar refractivity (Wildman–Crippen MR) is 58.0 cm³/mol. The van der Waals surface area contributed by atoms with E-state index in [1.807, 2.05) is 0 Å². The third-order valence-electron chi connectivity index (χ3n) is 2.04. The molecule has 0 fully saturated rings. The van der Waals surface area contributed by atoms with Gasteiger partial charge in [0.15, 0.2) is 0 Å². The summed E-state index contributed by atoms with van der Waals surface area (Å²) in [5, 5.41) is 3.14. The van der Waals surface area contributed by atoms with Gasteiger partial charge in [0.05, 0.1) is 5.70 Å².